The lowest BCUT2D eigenvalue weighted by Crippen LogP contribution is -2.17. The quantitative estimate of drug-likeness (QED) is 0.710. The topological polar surface area (TPSA) is 3.24 Å². The first-order valence-electron chi connectivity index (χ1n) is 4.85. The predicted octanol–water partition coefficient (Wildman–Crippen LogP) is 3.14. The summed E-state index contributed by atoms with van der Waals surface area (Å²) in [6.07, 6.45) is 1.13. The van der Waals surface area contributed by atoms with Crippen LogP contribution in [0.1, 0.15) is 19.4 Å². The first-order valence-corrected chi connectivity index (χ1v) is 5.84. The van der Waals surface area contributed by atoms with Gasteiger partial charge in [-0.25, -0.2) is 0 Å². The Morgan fingerprint density at radius 1 is 1.38 bits per heavy atom. The van der Waals surface area contributed by atoms with Gasteiger partial charge in [0, 0.05) is 11.4 Å². The zero-order chi connectivity index (χ0) is 9.26. The number of anilines is 1. The number of hydrogen-bond acceptors (Lipinski definition) is 2. The Kier molecular flexibility index (Phi) is 2.49. The third kappa shape index (κ3) is 1.55. The predicted molar refractivity (Wildman–Crippen MR) is 59.6 cm³/mol. The minimum atomic E-state index is 1.12. The van der Waals surface area contributed by atoms with Crippen molar-refractivity contribution in [2.45, 2.75) is 25.2 Å². The molecule has 2 heteroatoms. The van der Waals surface area contributed by atoms with Crippen LogP contribution in [0.4, 0.5) is 5.69 Å². The van der Waals surface area contributed by atoms with E-state index in [1.807, 2.05) is 11.8 Å². The van der Waals surface area contributed by atoms with Gasteiger partial charge in [-0.3, -0.25) is 0 Å². The third-order valence-corrected chi connectivity index (χ3v) is 3.63. The molecule has 1 aliphatic heterocycles. The van der Waals surface area contributed by atoms with Crippen LogP contribution < -0.4 is 4.90 Å². The molecule has 0 amide bonds. The lowest BCUT2D eigenvalue weighted by Gasteiger charge is -2.15. The smallest absolute Gasteiger partial charge is 0.0686 e. The number of thioether (sulfide) groups is 1. The Labute approximate surface area is 84.1 Å². The fraction of sp³-hybridized carbons (Fsp3) is 0.455. The third-order valence-electron chi connectivity index (χ3n) is 2.53. The van der Waals surface area contributed by atoms with Crippen molar-refractivity contribution >= 4 is 17.4 Å². The van der Waals surface area contributed by atoms with E-state index >= 15 is 0 Å². The van der Waals surface area contributed by atoms with Crippen LogP contribution >= 0.6 is 11.8 Å². The molecule has 1 aromatic rings. The van der Waals surface area contributed by atoms with Crippen molar-refractivity contribution in [3.63, 3.8) is 0 Å². The second kappa shape index (κ2) is 3.62. The molecule has 1 aliphatic rings. The van der Waals surface area contributed by atoms with Crippen molar-refractivity contribution in [2.24, 2.45) is 0 Å². The van der Waals surface area contributed by atoms with E-state index in [4.69, 9.17) is 0 Å². The van der Waals surface area contributed by atoms with E-state index in [0.29, 0.717) is 0 Å². The summed E-state index contributed by atoms with van der Waals surface area (Å²) in [6, 6.07) is 6.83. The Hall–Kier alpha value is -0.630. The highest BCUT2D eigenvalue weighted by atomic mass is 32.2. The maximum absolute atomic E-state index is 2.43. The van der Waals surface area contributed by atoms with Crippen LogP contribution in [0.2, 0.25) is 0 Å². The van der Waals surface area contributed by atoms with Crippen LogP contribution in [0.3, 0.4) is 0 Å². The monoisotopic (exact) mass is 193 g/mol. The van der Waals surface area contributed by atoms with Gasteiger partial charge in [-0.15, -0.1) is 11.8 Å². The Balaban J connectivity index is 2.37. The first-order chi connectivity index (χ1) is 6.35. The molecule has 0 saturated carbocycles. The molecule has 0 spiro atoms. The van der Waals surface area contributed by atoms with Gasteiger partial charge < -0.3 is 4.90 Å². The van der Waals surface area contributed by atoms with Crippen molar-refractivity contribution in [3.05, 3.63) is 23.8 Å². The fourth-order valence-corrected chi connectivity index (χ4v) is 2.75. The van der Waals surface area contributed by atoms with E-state index in [1.165, 1.54) is 16.1 Å². The molecule has 0 aromatic heterocycles. The molecule has 1 nitrogen and oxygen atoms in total. The summed E-state index contributed by atoms with van der Waals surface area (Å²) in [6.45, 7) is 5.54. The average Bonchev–Trinajstić information content (AvgIpc) is 2.59. The van der Waals surface area contributed by atoms with E-state index in [1.54, 1.807) is 0 Å². The Morgan fingerprint density at radius 3 is 2.92 bits per heavy atom. The van der Waals surface area contributed by atoms with Gasteiger partial charge in [-0.05, 0) is 31.0 Å². The first kappa shape index (κ1) is 8.95. The number of nitrogens with zero attached hydrogens (tertiary/aromatic N) is 1. The van der Waals surface area contributed by atoms with Gasteiger partial charge in [0.2, 0.25) is 0 Å². The summed E-state index contributed by atoms with van der Waals surface area (Å²) in [5.74, 6) is 1.12. The number of fused-ring (bicyclic) bond motifs is 1. The molecular formula is C11H15NS. The van der Waals surface area contributed by atoms with E-state index in [0.717, 1.165) is 18.8 Å². The average molecular weight is 193 g/mol. The molecule has 13 heavy (non-hydrogen) atoms. The number of aryl methyl sites for hydroxylation is 1. The number of hydrogen-bond donors (Lipinski definition) is 0. The van der Waals surface area contributed by atoms with Gasteiger partial charge in [-0.2, -0.15) is 0 Å². The Bertz CT molecular complexity index is 309. The molecule has 0 radical (unpaired) electrons. The summed E-state index contributed by atoms with van der Waals surface area (Å²) < 4.78 is 0. The number of benzene rings is 1. The zero-order valence-corrected chi connectivity index (χ0v) is 9.03. The lowest BCUT2D eigenvalue weighted by molar-refractivity contribution is 0.947. The minimum absolute atomic E-state index is 1.12. The summed E-state index contributed by atoms with van der Waals surface area (Å²) in [5.41, 5.74) is 2.88. The second-order valence-corrected chi connectivity index (χ2v) is 4.27. The van der Waals surface area contributed by atoms with Crippen molar-refractivity contribution in [2.75, 3.05) is 17.3 Å². The summed E-state index contributed by atoms with van der Waals surface area (Å²) in [5, 5.41) is 0. The summed E-state index contributed by atoms with van der Waals surface area (Å²) in [4.78, 5) is 3.87. The van der Waals surface area contributed by atoms with Crippen molar-refractivity contribution in [3.8, 4) is 0 Å². The molecule has 2 rings (SSSR count). The second-order valence-electron chi connectivity index (χ2n) is 3.29. The van der Waals surface area contributed by atoms with Crippen LogP contribution in [0.5, 0.6) is 0 Å². The molecule has 0 atom stereocenters. The standard InChI is InChI=1S/C11H15NS/c1-3-9-5-6-11-10(7-9)12(4-2)8-13-11/h5-7H,3-4,8H2,1-2H3. The fourth-order valence-electron chi connectivity index (χ4n) is 1.63. The van der Waals surface area contributed by atoms with Gasteiger partial charge in [0.1, 0.15) is 0 Å². The maximum Gasteiger partial charge on any atom is 0.0686 e. The molecule has 0 N–H and O–H groups in total. The van der Waals surface area contributed by atoms with Crippen LogP contribution in [-0.4, -0.2) is 12.4 Å². The van der Waals surface area contributed by atoms with Crippen molar-refractivity contribution < 1.29 is 0 Å². The molecule has 1 heterocycles. The van der Waals surface area contributed by atoms with Gasteiger partial charge in [0.05, 0.1) is 11.6 Å². The molecule has 0 unspecified atom stereocenters. The molecule has 1 aromatic carbocycles. The Morgan fingerprint density at radius 2 is 2.23 bits per heavy atom. The van der Waals surface area contributed by atoms with Crippen LogP contribution in [0.25, 0.3) is 0 Å². The maximum atomic E-state index is 2.43. The van der Waals surface area contributed by atoms with Gasteiger partial charge >= 0.3 is 0 Å². The van der Waals surface area contributed by atoms with E-state index in [9.17, 15) is 0 Å². The van der Waals surface area contributed by atoms with Gasteiger partial charge in [-0.1, -0.05) is 13.0 Å². The molecular weight excluding hydrogens is 178 g/mol. The SMILES string of the molecule is CCc1ccc2c(c1)N(CC)CS2. The van der Waals surface area contributed by atoms with E-state index in [-0.39, 0.29) is 0 Å². The molecule has 70 valence electrons. The normalized spacial score (nSPS) is 14.8. The molecule has 0 fully saturated rings. The molecule has 0 aliphatic carbocycles. The highest BCUT2D eigenvalue weighted by molar-refractivity contribution is 7.99. The molecule has 0 bridgehead atoms. The summed E-state index contributed by atoms with van der Waals surface area (Å²) in [7, 11) is 0. The van der Waals surface area contributed by atoms with Crippen LogP contribution in [0, 0.1) is 0 Å². The highest BCUT2D eigenvalue weighted by Crippen LogP contribution is 2.38. The lowest BCUT2D eigenvalue weighted by atomic mass is 10.1. The van der Waals surface area contributed by atoms with Crippen LogP contribution in [0.15, 0.2) is 23.1 Å². The number of rotatable bonds is 2. The largest absolute Gasteiger partial charge is 0.361 e. The minimum Gasteiger partial charge on any atom is -0.361 e. The highest BCUT2D eigenvalue weighted by Gasteiger charge is 2.17. The van der Waals surface area contributed by atoms with E-state index < -0.39 is 0 Å². The molecule has 0 saturated heterocycles. The summed E-state index contributed by atoms with van der Waals surface area (Å²) >= 11 is 1.95. The van der Waals surface area contributed by atoms with Gasteiger partial charge in [0.25, 0.3) is 0 Å². The van der Waals surface area contributed by atoms with Crippen molar-refractivity contribution in [1.29, 1.82) is 0 Å². The van der Waals surface area contributed by atoms with Gasteiger partial charge in [0.15, 0.2) is 0 Å². The van der Waals surface area contributed by atoms with Crippen LogP contribution in [-0.2, 0) is 6.42 Å². The van der Waals surface area contributed by atoms with E-state index in [2.05, 4.69) is 36.9 Å². The van der Waals surface area contributed by atoms with Crippen molar-refractivity contribution in [1.82, 2.24) is 0 Å². The zero-order valence-electron chi connectivity index (χ0n) is 8.21.